The number of hydrogen-bond acceptors (Lipinski definition) is 5. The minimum Gasteiger partial charge on any atom is -0.366 e. The largest absolute Gasteiger partial charge is 0.366 e. The Morgan fingerprint density at radius 1 is 1.13 bits per heavy atom. The van der Waals surface area contributed by atoms with Gasteiger partial charge < -0.3 is 15.5 Å². The Balaban J connectivity index is 1.54. The molecule has 0 spiro atoms. The smallest absolute Gasteiger partial charge is 0.293 e. The van der Waals surface area contributed by atoms with Crippen molar-refractivity contribution in [3.8, 4) is 0 Å². The van der Waals surface area contributed by atoms with Crippen LogP contribution in [0.25, 0.3) is 0 Å². The number of carbonyl (C=O) groups excluding carboxylic acids is 2. The third-order valence-electron chi connectivity index (χ3n) is 6.17. The second-order valence-electron chi connectivity index (χ2n) is 8.54. The van der Waals surface area contributed by atoms with E-state index < -0.39 is 10.8 Å². The Hall–Kier alpha value is -2.64. The monoisotopic (exact) mass is 416 g/mol. The van der Waals surface area contributed by atoms with E-state index in [1.165, 1.54) is 12.5 Å². The highest BCUT2D eigenvalue weighted by Gasteiger charge is 2.25. The summed E-state index contributed by atoms with van der Waals surface area (Å²) in [4.78, 5) is 37.7. The van der Waals surface area contributed by atoms with Gasteiger partial charge in [-0.15, -0.1) is 0 Å². The number of nitro groups is 1. The van der Waals surface area contributed by atoms with Crippen molar-refractivity contribution >= 4 is 23.2 Å². The fourth-order valence-corrected chi connectivity index (χ4v) is 4.27. The molecule has 1 aromatic carbocycles. The molecule has 1 saturated carbocycles. The highest BCUT2D eigenvalue weighted by atomic mass is 16.6. The summed E-state index contributed by atoms with van der Waals surface area (Å²) in [6.07, 6.45) is 7.76. The van der Waals surface area contributed by atoms with E-state index in [1.54, 1.807) is 12.1 Å². The van der Waals surface area contributed by atoms with Gasteiger partial charge in [-0.25, -0.2) is 0 Å². The van der Waals surface area contributed by atoms with Crippen molar-refractivity contribution in [1.82, 2.24) is 10.6 Å². The van der Waals surface area contributed by atoms with Gasteiger partial charge in [0.25, 0.3) is 11.6 Å². The summed E-state index contributed by atoms with van der Waals surface area (Å²) < 4.78 is 0. The fourth-order valence-electron chi connectivity index (χ4n) is 4.27. The molecule has 1 saturated heterocycles. The lowest BCUT2D eigenvalue weighted by atomic mass is 9.95. The average Bonchev–Trinajstić information content (AvgIpc) is 2.74. The summed E-state index contributed by atoms with van der Waals surface area (Å²) in [6.45, 7) is 3.96. The minimum absolute atomic E-state index is 0.0488. The van der Waals surface area contributed by atoms with E-state index in [0.717, 1.165) is 51.6 Å². The molecule has 2 N–H and O–H groups in total. The Morgan fingerprint density at radius 3 is 2.50 bits per heavy atom. The number of carbonyl (C=O) groups is 2. The van der Waals surface area contributed by atoms with Crippen LogP contribution in [0.5, 0.6) is 0 Å². The standard InChI is InChI=1S/C22H32N4O4/c1-16-10-13-25(14-11-16)19-8-7-17(15-20(19)26(29)30)22(28)23-12-9-21(27)24-18-5-3-2-4-6-18/h7-8,15-16,18H,2-6,9-14H2,1H3,(H,23,28)(H,24,27). The number of amides is 2. The highest BCUT2D eigenvalue weighted by molar-refractivity contribution is 5.96. The first kappa shape index (κ1) is 22.1. The molecule has 8 nitrogen and oxygen atoms in total. The van der Waals surface area contributed by atoms with Gasteiger partial charge in [-0.3, -0.25) is 19.7 Å². The Morgan fingerprint density at radius 2 is 1.83 bits per heavy atom. The number of piperidine rings is 1. The lowest BCUT2D eigenvalue weighted by Crippen LogP contribution is -2.38. The van der Waals surface area contributed by atoms with Gasteiger partial charge in [0.1, 0.15) is 5.69 Å². The molecule has 1 aliphatic heterocycles. The topological polar surface area (TPSA) is 105 Å². The summed E-state index contributed by atoms with van der Waals surface area (Å²) in [5.41, 5.74) is 0.756. The molecular formula is C22H32N4O4. The second kappa shape index (κ2) is 10.4. The summed E-state index contributed by atoms with van der Waals surface area (Å²) >= 11 is 0. The molecule has 1 aromatic rings. The van der Waals surface area contributed by atoms with Gasteiger partial charge in [-0.2, -0.15) is 0 Å². The van der Waals surface area contributed by atoms with Crippen LogP contribution in [-0.2, 0) is 4.79 Å². The number of nitrogens with zero attached hydrogens (tertiary/aromatic N) is 2. The van der Waals surface area contributed by atoms with Gasteiger partial charge in [-0.05, 0) is 43.7 Å². The number of nitrogens with one attached hydrogen (secondary N) is 2. The second-order valence-corrected chi connectivity index (χ2v) is 8.54. The van der Waals surface area contributed by atoms with Crippen LogP contribution >= 0.6 is 0 Å². The van der Waals surface area contributed by atoms with Gasteiger partial charge in [0, 0.05) is 43.7 Å². The third kappa shape index (κ3) is 5.93. The molecule has 8 heteroatoms. The van der Waals surface area contributed by atoms with Crippen LogP contribution < -0.4 is 15.5 Å². The highest BCUT2D eigenvalue weighted by Crippen LogP contribution is 2.32. The molecule has 0 radical (unpaired) electrons. The first-order valence-electron chi connectivity index (χ1n) is 11.0. The van der Waals surface area contributed by atoms with Crippen molar-refractivity contribution in [3.63, 3.8) is 0 Å². The summed E-state index contributed by atoms with van der Waals surface area (Å²) in [6, 6.07) is 4.87. The van der Waals surface area contributed by atoms with Crippen molar-refractivity contribution in [2.45, 2.75) is 64.3 Å². The molecule has 0 atom stereocenters. The Labute approximate surface area is 177 Å². The molecule has 2 amide bonds. The van der Waals surface area contributed by atoms with E-state index in [2.05, 4.69) is 17.6 Å². The van der Waals surface area contributed by atoms with E-state index in [-0.39, 0.29) is 36.2 Å². The Bertz CT molecular complexity index is 768. The van der Waals surface area contributed by atoms with Gasteiger partial charge in [0.2, 0.25) is 5.91 Å². The predicted octanol–water partition coefficient (Wildman–Crippen LogP) is 3.40. The van der Waals surface area contributed by atoms with Gasteiger partial charge in [-0.1, -0.05) is 26.2 Å². The van der Waals surface area contributed by atoms with E-state index in [1.807, 2.05) is 4.90 Å². The predicted molar refractivity (Wildman–Crippen MR) is 116 cm³/mol. The van der Waals surface area contributed by atoms with Crippen molar-refractivity contribution in [2.75, 3.05) is 24.5 Å². The normalized spacial score (nSPS) is 18.1. The lowest BCUT2D eigenvalue weighted by molar-refractivity contribution is -0.384. The quantitative estimate of drug-likeness (QED) is 0.524. The summed E-state index contributed by atoms with van der Waals surface area (Å²) in [7, 11) is 0. The average molecular weight is 417 g/mol. The molecule has 2 aliphatic rings. The van der Waals surface area contributed by atoms with Crippen molar-refractivity contribution in [3.05, 3.63) is 33.9 Å². The van der Waals surface area contributed by atoms with Crippen LogP contribution in [0.3, 0.4) is 0 Å². The summed E-state index contributed by atoms with van der Waals surface area (Å²) in [5.74, 6) is 0.158. The zero-order valence-electron chi connectivity index (χ0n) is 17.7. The van der Waals surface area contributed by atoms with Crippen molar-refractivity contribution < 1.29 is 14.5 Å². The number of nitro benzene ring substituents is 1. The molecule has 164 valence electrons. The van der Waals surface area contributed by atoms with E-state index >= 15 is 0 Å². The molecule has 1 aliphatic carbocycles. The first-order chi connectivity index (χ1) is 14.4. The van der Waals surface area contributed by atoms with E-state index in [9.17, 15) is 19.7 Å². The first-order valence-corrected chi connectivity index (χ1v) is 11.0. The molecular weight excluding hydrogens is 384 g/mol. The SMILES string of the molecule is CC1CCN(c2ccc(C(=O)NCCC(=O)NC3CCCCC3)cc2[N+](=O)[O-])CC1. The number of rotatable bonds is 7. The molecule has 1 heterocycles. The molecule has 0 bridgehead atoms. The van der Waals surface area contributed by atoms with E-state index in [4.69, 9.17) is 0 Å². The minimum atomic E-state index is -0.429. The van der Waals surface area contributed by atoms with Gasteiger partial charge >= 0.3 is 0 Å². The molecule has 30 heavy (non-hydrogen) atoms. The van der Waals surface area contributed by atoms with Crippen LogP contribution in [0.1, 0.15) is 68.6 Å². The molecule has 0 unspecified atom stereocenters. The number of benzene rings is 1. The van der Waals surface area contributed by atoms with Crippen LogP contribution in [0, 0.1) is 16.0 Å². The zero-order chi connectivity index (χ0) is 21.5. The van der Waals surface area contributed by atoms with Crippen molar-refractivity contribution in [1.29, 1.82) is 0 Å². The maximum Gasteiger partial charge on any atom is 0.293 e. The number of hydrogen-bond donors (Lipinski definition) is 2. The molecule has 0 aromatic heterocycles. The zero-order valence-corrected chi connectivity index (χ0v) is 17.7. The molecule has 3 rings (SSSR count). The Kier molecular flexibility index (Phi) is 7.65. The lowest BCUT2D eigenvalue weighted by Gasteiger charge is -2.31. The van der Waals surface area contributed by atoms with Gasteiger partial charge in [0.05, 0.1) is 4.92 Å². The van der Waals surface area contributed by atoms with E-state index in [0.29, 0.717) is 11.6 Å². The maximum absolute atomic E-state index is 12.4. The van der Waals surface area contributed by atoms with Crippen LogP contribution in [-0.4, -0.2) is 42.4 Å². The van der Waals surface area contributed by atoms with Crippen LogP contribution in [0.15, 0.2) is 18.2 Å². The number of anilines is 1. The van der Waals surface area contributed by atoms with Crippen molar-refractivity contribution in [2.24, 2.45) is 5.92 Å². The maximum atomic E-state index is 12.4. The summed E-state index contributed by atoms with van der Waals surface area (Å²) in [5, 5.41) is 17.3. The van der Waals surface area contributed by atoms with Crippen LogP contribution in [0.2, 0.25) is 0 Å². The molecule has 2 fully saturated rings. The van der Waals surface area contributed by atoms with Crippen LogP contribution in [0.4, 0.5) is 11.4 Å². The fraction of sp³-hybridized carbons (Fsp3) is 0.636. The third-order valence-corrected chi connectivity index (χ3v) is 6.17. The van der Waals surface area contributed by atoms with Gasteiger partial charge in [0.15, 0.2) is 0 Å².